The fourth-order valence-electron chi connectivity index (χ4n) is 2.15. The number of aromatic nitrogens is 2. The van der Waals surface area contributed by atoms with Gasteiger partial charge in [-0.15, -0.1) is 11.3 Å². The van der Waals surface area contributed by atoms with Crippen molar-refractivity contribution in [3.8, 4) is 0 Å². The van der Waals surface area contributed by atoms with Crippen molar-refractivity contribution in [3.05, 3.63) is 50.4 Å². The van der Waals surface area contributed by atoms with Crippen LogP contribution in [-0.4, -0.2) is 15.3 Å². The maximum Gasteiger partial charge on any atom is 0.184 e. The summed E-state index contributed by atoms with van der Waals surface area (Å²) in [7, 11) is 0. The Hall–Kier alpha value is -1.36. The smallest absolute Gasteiger partial charge is 0.184 e. The lowest BCUT2D eigenvalue weighted by Gasteiger charge is -2.05. The van der Waals surface area contributed by atoms with E-state index >= 15 is 0 Å². The Bertz CT molecular complexity index is 807. The van der Waals surface area contributed by atoms with Gasteiger partial charge in [0.25, 0.3) is 0 Å². The largest absolute Gasteiger partial charge is 0.320 e. The molecule has 0 bridgehead atoms. The molecular formula is C14H10Cl2N2OS. The first-order valence-corrected chi connectivity index (χ1v) is 7.53. The van der Waals surface area contributed by atoms with Crippen LogP contribution in [0.1, 0.15) is 16.2 Å². The van der Waals surface area contributed by atoms with Gasteiger partial charge in [-0.2, -0.15) is 0 Å². The predicted molar refractivity (Wildman–Crippen MR) is 83.1 cm³/mol. The van der Waals surface area contributed by atoms with E-state index in [1.54, 1.807) is 6.07 Å². The van der Waals surface area contributed by atoms with Gasteiger partial charge in [0.1, 0.15) is 10.2 Å². The molecule has 0 fully saturated rings. The van der Waals surface area contributed by atoms with E-state index in [4.69, 9.17) is 23.2 Å². The number of nitrogens with zero attached hydrogens (tertiary/aromatic N) is 2. The Morgan fingerprint density at radius 3 is 2.80 bits per heavy atom. The normalized spacial score (nSPS) is 11.2. The van der Waals surface area contributed by atoms with Crippen LogP contribution in [0, 0.1) is 6.92 Å². The zero-order valence-electron chi connectivity index (χ0n) is 10.6. The second-order valence-corrected chi connectivity index (χ2v) is 6.68. The molecule has 0 aliphatic rings. The third kappa shape index (κ3) is 2.35. The van der Waals surface area contributed by atoms with Crippen molar-refractivity contribution in [1.29, 1.82) is 0 Å². The second-order valence-electron chi connectivity index (χ2n) is 4.39. The van der Waals surface area contributed by atoms with Crippen molar-refractivity contribution in [3.63, 3.8) is 0 Å². The molecule has 20 heavy (non-hydrogen) atoms. The number of aryl methyl sites for hydroxylation is 1. The van der Waals surface area contributed by atoms with Crippen LogP contribution in [-0.2, 0) is 6.54 Å². The molecule has 6 heteroatoms. The molecule has 0 aliphatic carbocycles. The first kappa shape index (κ1) is 13.6. The van der Waals surface area contributed by atoms with E-state index in [0.717, 1.165) is 16.9 Å². The van der Waals surface area contributed by atoms with Crippen LogP contribution in [0.15, 0.2) is 30.3 Å². The first-order chi connectivity index (χ1) is 9.56. The second kappa shape index (κ2) is 5.20. The number of rotatable bonds is 3. The van der Waals surface area contributed by atoms with E-state index < -0.39 is 0 Å². The molecule has 2 heterocycles. The van der Waals surface area contributed by atoms with Gasteiger partial charge in [-0.1, -0.05) is 35.3 Å². The van der Waals surface area contributed by atoms with Crippen molar-refractivity contribution in [2.24, 2.45) is 0 Å². The molecule has 3 rings (SSSR count). The third-order valence-corrected chi connectivity index (χ3v) is 4.59. The molecule has 0 N–H and O–H groups in total. The molecule has 0 saturated carbocycles. The van der Waals surface area contributed by atoms with Gasteiger partial charge >= 0.3 is 0 Å². The molecule has 102 valence electrons. The van der Waals surface area contributed by atoms with Crippen LogP contribution in [0.2, 0.25) is 8.67 Å². The lowest BCUT2D eigenvalue weighted by molar-refractivity contribution is 0.0973. The number of Topliss-reactive ketones (excluding diaryl/α,β-unsaturated/α-hetero) is 1. The first-order valence-electron chi connectivity index (χ1n) is 5.96. The number of carbonyl (C=O) groups excluding carboxylic acids is 1. The molecule has 0 atom stereocenters. The minimum absolute atomic E-state index is 0.0654. The van der Waals surface area contributed by atoms with Crippen molar-refractivity contribution < 1.29 is 4.79 Å². The minimum atomic E-state index is -0.0654. The van der Waals surface area contributed by atoms with Gasteiger partial charge in [-0.25, -0.2) is 4.98 Å². The highest BCUT2D eigenvalue weighted by Gasteiger charge is 2.17. The quantitative estimate of drug-likeness (QED) is 0.660. The number of benzene rings is 1. The highest BCUT2D eigenvalue weighted by molar-refractivity contribution is 7.20. The summed E-state index contributed by atoms with van der Waals surface area (Å²) in [5, 5.41) is 0. The summed E-state index contributed by atoms with van der Waals surface area (Å²) in [6.45, 7) is 2.09. The average molecular weight is 325 g/mol. The topological polar surface area (TPSA) is 34.9 Å². The number of imidazole rings is 1. The molecule has 3 nitrogen and oxygen atoms in total. The molecular weight excluding hydrogens is 315 g/mol. The van der Waals surface area contributed by atoms with E-state index in [0.29, 0.717) is 14.2 Å². The number of hydrogen-bond donors (Lipinski definition) is 0. The van der Waals surface area contributed by atoms with E-state index in [2.05, 4.69) is 4.98 Å². The summed E-state index contributed by atoms with van der Waals surface area (Å²) in [6, 6.07) is 9.35. The zero-order valence-corrected chi connectivity index (χ0v) is 12.9. The fourth-order valence-corrected chi connectivity index (χ4v) is 3.65. The van der Waals surface area contributed by atoms with Gasteiger partial charge in [-0.3, -0.25) is 4.79 Å². The molecule has 0 aliphatic heterocycles. The summed E-state index contributed by atoms with van der Waals surface area (Å²) in [5.41, 5.74) is 2.29. The molecule has 0 spiro atoms. The summed E-state index contributed by atoms with van der Waals surface area (Å²) < 4.78 is 2.84. The van der Waals surface area contributed by atoms with Gasteiger partial charge in [0.05, 0.1) is 27.5 Å². The summed E-state index contributed by atoms with van der Waals surface area (Å²) in [5.74, 6) is 0.737. The lowest BCUT2D eigenvalue weighted by Crippen LogP contribution is -2.11. The molecule has 0 radical (unpaired) electrons. The zero-order chi connectivity index (χ0) is 14.3. The maximum atomic E-state index is 12.4. The number of carbonyl (C=O) groups is 1. The summed E-state index contributed by atoms with van der Waals surface area (Å²) >= 11 is 13.1. The van der Waals surface area contributed by atoms with Crippen molar-refractivity contribution in [1.82, 2.24) is 9.55 Å². The summed E-state index contributed by atoms with van der Waals surface area (Å²) in [6.07, 6.45) is 0. The van der Waals surface area contributed by atoms with Gasteiger partial charge in [-0.05, 0) is 25.1 Å². The van der Waals surface area contributed by atoms with Gasteiger partial charge < -0.3 is 4.57 Å². The van der Waals surface area contributed by atoms with Crippen LogP contribution in [0.5, 0.6) is 0 Å². The minimum Gasteiger partial charge on any atom is -0.320 e. The summed E-state index contributed by atoms with van der Waals surface area (Å²) in [4.78, 5) is 16.8. The molecule has 0 unspecified atom stereocenters. The molecule has 1 aromatic carbocycles. The third-order valence-electron chi connectivity index (χ3n) is 3.10. The lowest BCUT2D eigenvalue weighted by atomic mass is 10.2. The van der Waals surface area contributed by atoms with Gasteiger partial charge in [0, 0.05) is 0 Å². The number of halogens is 2. The Morgan fingerprint density at radius 1 is 1.35 bits per heavy atom. The van der Waals surface area contributed by atoms with E-state index in [1.807, 2.05) is 35.8 Å². The highest BCUT2D eigenvalue weighted by Crippen LogP contribution is 2.31. The van der Waals surface area contributed by atoms with Crippen molar-refractivity contribution in [2.75, 3.05) is 0 Å². The number of para-hydroxylation sites is 2. The van der Waals surface area contributed by atoms with Crippen molar-refractivity contribution in [2.45, 2.75) is 13.5 Å². The van der Waals surface area contributed by atoms with Crippen LogP contribution in [0.3, 0.4) is 0 Å². The number of hydrogen-bond acceptors (Lipinski definition) is 3. The Morgan fingerprint density at radius 2 is 2.10 bits per heavy atom. The predicted octanol–water partition coefficient (Wildman–Crippen LogP) is 4.60. The van der Waals surface area contributed by atoms with Crippen LogP contribution < -0.4 is 0 Å². The van der Waals surface area contributed by atoms with Crippen LogP contribution in [0.25, 0.3) is 11.0 Å². The number of ketones is 1. The highest BCUT2D eigenvalue weighted by atomic mass is 35.5. The van der Waals surface area contributed by atoms with E-state index in [-0.39, 0.29) is 12.3 Å². The van der Waals surface area contributed by atoms with Crippen LogP contribution in [0.4, 0.5) is 0 Å². The Balaban J connectivity index is 1.99. The fraction of sp³-hybridized carbons (Fsp3) is 0.143. The molecule has 3 aromatic rings. The maximum absolute atomic E-state index is 12.4. The van der Waals surface area contributed by atoms with Gasteiger partial charge in [0.15, 0.2) is 5.78 Å². The monoisotopic (exact) mass is 324 g/mol. The number of thiophene rings is 1. The average Bonchev–Trinajstić information content (AvgIpc) is 2.90. The Labute approximate surface area is 129 Å². The molecule has 0 saturated heterocycles. The SMILES string of the molecule is Cc1nc2ccccc2n1CC(=O)c1cc(Cl)sc1Cl. The standard InChI is InChI=1S/C14H10Cl2N2OS/c1-8-17-10-4-2-3-5-11(10)18(8)7-12(19)9-6-13(15)20-14(9)16/h2-6H,7H2,1H3. The van der Waals surface area contributed by atoms with Gasteiger partial charge in [0.2, 0.25) is 0 Å². The molecule has 2 aromatic heterocycles. The van der Waals surface area contributed by atoms with Crippen molar-refractivity contribution >= 4 is 51.4 Å². The molecule has 0 amide bonds. The van der Waals surface area contributed by atoms with E-state index in [1.165, 1.54) is 11.3 Å². The van der Waals surface area contributed by atoms with E-state index in [9.17, 15) is 4.79 Å². The van der Waals surface area contributed by atoms with Crippen LogP contribution >= 0.6 is 34.5 Å². The Kier molecular flexibility index (Phi) is 3.54. The number of fused-ring (bicyclic) bond motifs is 1.